The van der Waals surface area contributed by atoms with Gasteiger partial charge in [0.15, 0.2) is 0 Å². The van der Waals surface area contributed by atoms with Crippen LogP contribution in [0.15, 0.2) is 29.3 Å². The van der Waals surface area contributed by atoms with Crippen molar-refractivity contribution in [2.75, 3.05) is 0 Å². The molecule has 21 heavy (non-hydrogen) atoms. The van der Waals surface area contributed by atoms with Crippen molar-refractivity contribution in [3.05, 3.63) is 51.1 Å². The van der Waals surface area contributed by atoms with Crippen LogP contribution in [0.1, 0.15) is 16.7 Å². The maximum atomic E-state index is 12.4. The molecule has 0 unspecified atom stereocenters. The summed E-state index contributed by atoms with van der Waals surface area (Å²) in [5.74, 6) is -0.196. The first kappa shape index (κ1) is 16.1. The van der Waals surface area contributed by atoms with Crippen LogP contribution in [0.4, 0.5) is 0 Å². The third kappa shape index (κ3) is 3.48. The van der Waals surface area contributed by atoms with Crippen molar-refractivity contribution >= 4 is 33.3 Å². The van der Waals surface area contributed by atoms with E-state index >= 15 is 0 Å². The van der Waals surface area contributed by atoms with E-state index in [0.717, 1.165) is 11.1 Å². The Kier molecular flexibility index (Phi) is 4.46. The van der Waals surface area contributed by atoms with E-state index in [1.807, 2.05) is 13.8 Å². The molecule has 0 aliphatic carbocycles. The Morgan fingerprint density at radius 2 is 1.62 bits per heavy atom. The van der Waals surface area contributed by atoms with Gasteiger partial charge in [-0.15, -0.1) is 0 Å². The lowest BCUT2D eigenvalue weighted by Gasteiger charge is -2.11. The Morgan fingerprint density at radius 1 is 1.00 bits per heavy atom. The first-order valence-corrected chi connectivity index (χ1v) is 8.20. The van der Waals surface area contributed by atoms with Crippen molar-refractivity contribution in [1.82, 2.24) is 4.98 Å². The number of nitrogens with zero attached hydrogens (tertiary/aromatic N) is 1. The highest BCUT2D eigenvalue weighted by molar-refractivity contribution is 7.87. The summed E-state index contributed by atoms with van der Waals surface area (Å²) in [4.78, 5) is 3.89. The van der Waals surface area contributed by atoms with Gasteiger partial charge in [0.05, 0.1) is 5.02 Å². The number of aromatic nitrogens is 1. The fourth-order valence-electron chi connectivity index (χ4n) is 1.82. The van der Waals surface area contributed by atoms with Gasteiger partial charge >= 0.3 is 10.1 Å². The van der Waals surface area contributed by atoms with Crippen molar-refractivity contribution in [3.63, 3.8) is 0 Å². The zero-order valence-electron chi connectivity index (χ0n) is 11.6. The average molecular weight is 346 g/mol. The molecule has 4 nitrogen and oxygen atoms in total. The number of pyridine rings is 1. The summed E-state index contributed by atoms with van der Waals surface area (Å²) >= 11 is 11.6. The molecule has 1 heterocycles. The normalized spacial score (nSPS) is 11.5. The number of hydrogen-bond donors (Lipinski definition) is 0. The molecule has 0 aliphatic rings. The molecule has 0 saturated carbocycles. The van der Waals surface area contributed by atoms with Crippen molar-refractivity contribution < 1.29 is 12.6 Å². The Hall–Kier alpha value is -1.30. The molecule has 0 N–H and O–H groups in total. The minimum absolute atomic E-state index is 0.0348. The van der Waals surface area contributed by atoms with Gasteiger partial charge in [0.1, 0.15) is 9.92 Å². The second-order valence-corrected chi connectivity index (χ2v) is 7.04. The van der Waals surface area contributed by atoms with Crippen LogP contribution >= 0.6 is 23.2 Å². The molecule has 1 aromatic heterocycles. The van der Waals surface area contributed by atoms with Gasteiger partial charge in [-0.25, -0.2) is 4.98 Å². The molecule has 0 spiro atoms. The number of benzene rings is 1. The molecular weight excluding hydrogens is 333 g/mol. The lowest BCUT2D eigenvalue weighted by atomic mass is 10.1. The van der Waals surface area contributed by atoms with E-state index in [-0.39, 0.29) is 15.8 Å². The van der Waals surface area contributed by atoms with E-state index in [9.17, 15) is 8.42 Å². The van der Waals surface area contributed by atoms with E-state index in [1.165, 1.54) is 12.3 Å². The third-order valence-corrected chi connectivity index (χ3v) is 4.86. The van der Waals surface area contributed by atoms with Gasteiger partial charge < -0.3 is 4.18 Å². The molecule has 112 valence electrons. The number of halogens is 2. The molecule has 0 aliphatic heterocycles. The Balaban J connectivity index is 2.46. The van der Waals surface area contributed by atoms with E-state index in [0.29, 0.717) is 10.6 Å². The molecule has 7 heteroatoms. The molecule has 2 aromatic rings. The maximum absolute atomic E-state index is 12.4. The summed E-state index contributed by atoms with van der Waals surface area (Å²) in [7, 11) is -4.01. The predicted molar refractivity (Wildman–Crippen MR) is 82.7 cm³/mol. The van der Waals surface area contributed by atoms with Gasteiger partial charge in [0, 0.05) is 6.20 Å². The Bertz CT molecular complexity index is 804. The summed E-state index contributed by atoms with van der Waals surface area (Å²) in [6.45, 7) is 5.46. The summed E-state index contributed by atoms with van der Waals surface area (Å²) in [6, 6.07) is 4.74. The molecule has 0 amide bonds. The van der Waals surface area contributed by atoms with Crippen LogP contribution in [0.25, 0.3) is 0 Å². The SMILES string of the molecule is Cc1cc(C)c(S(=O)(=O)Oc2ncc(Cl)cc2Cl)cc1C. The van der Waals surface area contributed by atoms with E-state index < -0.39 is 10.1 Å². The van der Waals surface area contributed by atoms with Crippen LogP contribution in [0.5, 0.6) is 5.88 Å². The highest BCUT2D eigenvalue weighted by Crippen LogP contribution is 2.29. The minimum Gasteiger partial charge on any atom is -0.357 e. The summed E-state index contributed by atoms with van der Waals surface area (Å²) in [6.07, 6.45) is 1.27. The van der Waals surface area contributed by atoms with Crippen molar-refractivity contribution in [2.45, 2.75) is 25.7 Å². The van der Waals surface area contributed by atoms with Gasteiger partial charge in [-0.2, -0.15) is 8.42 Å². The second kappa shape index (κ2) is 5.83. The monoisotopic (exact) mass is 345 g/mol. The average Bonchev–Trinajstić information content (AvgIpc) is 2.37. The van der Waals surface area contributed by atoms with E-state index in [2.05, 4.69) is 4.98 Å². The van der Waals surface area contributed by atoms with Gasteiger partial charge in [-0.3, -0.25) is 0 Å². The number of aryl methyl sites for hydroxylation is 3. The second-order valence-electron chi connectivity index (χ2n) is 4.68. The molecular formula is C14H13Cl2NO3S. The first-order chi connectivity index (χ1) is 9.70. The molecule has 1 aromatic carbocycles. The maximum Gasteiger partial charge on any atom is 0.341 e. The lowest BCUT2D eigenvalue weighted by molar-refractivity contribution is 0.475. The number of hydrogen-bond acceptors (Lipinski definition) is 4. The van der Waals surface area contributed by atoms with Gasteiger partial charge in [0.25, 0.3) is 5.88 Å². The van der Waals surface area contributed by atoms with E-state index in [4.69, 9.17) is 27.4 Å². The Morgan fingerprint density at radius 3 is 2.24 bits per heavy atom. The topological polar surface area (TPSA) is 56.3 Å². The molecule has 0 saturated heterocycles. The fraction of sp³-hybridized carbons (Fsp3) is 0.214. The summed E-state index contributed by atoms with van der Waals surface area (Å²) in [5, 5.41) is 0.333. The largest absolute Gasteiger partial charge is 0.357 e. The first-order valence-electron chi connectivity index (χ1n) is 6.04. The molecule has 0 atom stereocenters. The minimum atomic E-state index is -4.01. The zero-order chi connectivity index (χ0) is 15.8. The molecule has 2 rings (SSSR count). The zero-order valence-corrected chi connectivity index (χ0v) is 14.0. The standard InChI is InChI=1S/C14H13Cl2NO3S/c1-8-4-10(3)13(5-9(8)2)21(18,19)20-14-12(16)6-11(15)7-17-14/h4-7H,1-3H3. The fourth-order valence-corrected chi connectivity index (χ4v) is 3.48. The predicted octanol–water partition coefficient (Wildman–Crippen LogP) is 4.08. The third-order valence-electron chi connectivity index (χ3n) is 3.02. The van der Waals surface area contributed by atoms with Crippen LogP contribution in [0.3, 0.4) is 0 Å². The smallest absolute Gasteiger partial charge is 0.341 e. The summed E-state index contributed by atoms with van der Waals surface area (Å²) in [5.41, 5.74) is 2.47. The van der Waals surface area contributed by atoms with Gasteiger partial charge in [-0.05, 0) is 49.6 Å². The van der Waals surface area contributed by atoms with Gasteiger partial charge in [0.2, 0.25) is 0 Å². The van der Waals surface area contributed by atoms with Crippen LogP contribution in [0.2, 0.25) is 10.0 Å². The molecule has 0 bridgehead atoms. The molecule has 0 fully saturated rings. The Labute approximate surface area is 133 Å². The van der Waals surface area contributed by atoms with Crippen LogP contribution < -0.4 is 4.18 Å². The van der Waals surface area contributed by atoms with Crippen molar-refractivity contribution in [1.29, 1.82) is 0 Å². The lowest BCUT2D eigenvalue weighted by Crippen LogP contribution is -2.13. The highest BCUT2D eigenvalue weighted by Gasteiger charge is 2.22. The van der Waals surface area contributed by atoms with Crippen LogP contribution in [-0.2, 0) is 10.1 Å². The summed E-state index contributed by atoms with van der Waals surface area (Å²) < 4.78 is 29.8. The van der Waals surface area contributed by atoms with Crippen LogP contribution in [-0.4, -0.2) is 13.4 Å². The highest BCUT2D eigenvalue weighted by atomic mass is 35.5. The van der Waals surface area contributed by atoms with Crippen molar-refractivity contribution in [2.24, 2.45) is 0 Å². The quantitative estimate of drug-likeness (QED) is 0.786. The van der Waals surface area contributed by atoms with Gasteiger partial charge in [-0.1, -0.05) is 29.3 Å². The number of rotatable bonds is 3. The molecule has 0 radical (unpaired) electrons. The van der Waals surface area contributed by atoms with Crippen molar-refractivity contribution in [3.8, 4) is 5.88 Å². The van der Waals surface area contributed by atoms with E-state index in [1.54, 1.807) is 19.1 Å². The van der Waals surface area contributed by atoms with Crippen LogP contribution in [0, 0.1) is 20.8 Å².